The van der Waals surface area contributed by atoms with Crippen molar-refractivity contribution in [1.82, 2.24) is 0 Å². The fourth-order valence-electron chi connectivity index (χ4n) is 1.07. The van der Waals surface area contributed by atoms with Crippen molar-refractivity contribution in [3.63, 3.8) is 0 Å². The van der Waals surface area contributed by atoms with Gasteiger partial charge in [-0.1, -0.05) is 30.3 Å². The van der Waals surface area contributed by atoms with Gasteiger partial charge in [-0.2, -0.15) is 5.26 Å². The third-order valence-electron chi connectivity index (χ3n) is 1.77. The van der Waals surface area contributed by atoms with E-state index in [0.29, 0.717) is 13.0 Å². The van der Waals surface area contributed by atoms with Gasteiger partial charge in [0.05, 0.1) is 12.7 Å². The number of carbonyl (C=O) groups is 1. The second kappa shape index (κ2) is 6.39. The summed E-state index contributed by atoms with van der Waals surface area (Å²) in [4.78, 5) is 10.9. The van der Waals surface area contributed by atoms with Crippen LogP contribution >= 0.6 is 0 Å². The van der Waals surface area contributed by atoms with Crippen LogP contribution in [0.1, 0.15) is 5.56 Å². The van der Waals surface area contributed by atoms with Crippen molar-refractivity contribution >= 4 is 5.97 Å². The molecule has 15 heavy (non-hydrogen) atoms. The first-order valence-corrected chi connectivity index (χ1v) is 4.60. The highest BCUT2D eigenvalue weighted by Gasteiger charge is 1.96. The average Bonchev–Trinajstić information content (AvgIpc) is 2.28. The Kier molecular flexibility index (Phi) is 4.68. The summed E-state index contributed by atoms with van der Waals surface area (Å²) in [5.74, 6) is -0.479. The zero-order valence-corrected chi connectivity index (χ0v) is 8.22. The van der Waals surface area contributed by atoms with Gasteiger partial charge in [0.2, 0.25) is 0 Å². The number of allylic oxidation sites excluding steroid dienone is 1. The quantitative estimate of drug-likeness (QED) is 0.424. The van der Waals surface area contributed by atoms with E-state index in [1.807, 2.05) is 30.3 Å². The summed E-state index contributed by atoms with van der Waals surface area (Å²) >= 11 is 0. The van der Waals surface area contributed by atoms with Crippen LogP contribution in [0, 0.1) is 11.3 Å². The van der Waals surface area contributed by atoms with Crippen molar-refractivity contribution in [2.24, 2.45) is 0 Å². The van der Waals surface area contributed by atoms with E-state index in [9.17, 15) is 4.79 Å². The maximum atomic E-state index is 10.9. The lowest BCUT2D eigenvalue weighted by Gasteiger charge is -2.01. The summed E-state index contributed by atoms with van der Waals surface area (Å²) in [5.41, 5.74) is 1.12. The first kappa shape index (κ1) is 11.0. The van der Waals surface area contributed by atoms with Gasteiger partial charge in [0.1, 0.15) is 0 Å². The molecule has 0 fully saturated rings. The minimum Gasteiger partial charge on any atom is -0.462 e. The van der Waals surface area contributed by atoms with Gasteiger partial charge in [0.15, 0.2) is 0 Å². The lowest BCUT2D eigenvalue weighted by molar-refractivity contribution is -0.137. The molecule has 3 heteroatoms. The molecule has 0 saturated carbocycles. The van der Waals surface area contributed by atoms with Gasteiger partial charge in [0.25, 0.3) is 0 Å². The smallest absolute Gasteiger partial charge is 0.331 e. The van der Waals surface area contributed by atoms with Crippen LogP contribution in [0.4, 0.5) is 0 Å². The standard InChI is InChI=1S/C12H11NO2/c13-9-4-7-12(14)15-10-8-11-5-2-1-3-6-11/h1-7H,8,10H2. The second-order valence-electron chi connectivity index (χ2n) is 2.87. The zero-order chi connectivity index (χ0) is 10.9. The predicted molar refractivity (Wildman–Crippen MR) is 55.9 cm³/mol. The Hall–Kier alpha value is -2.08. The number of nitriles is 1. The molecule has 1 aromatic carbocycles. The second-order valence-corrected chi connectivity index (χ2v) is 2.87. The van der Waals surface area contributed by atoms with E-state index in [1.165, 1.54) is 0 Å². The minimum atomic E-state index is -0.479. The van der Waals surface area contributed by atoms with Gasteiger partial charge in [0, 0.05) is 18.6 Å². The average molecular weight is 201 g/mol. The highest BCUT2D eigenvalue weighted by Crippen LogP contribution is 1.99. The van der Waals surface area contributed by atoms with E-state index >= 15 is 0 Å². The number of hydrogen-bond acceptors (Lipinski definition) is 3. The largest absolute Gasteiger partial charge is 0.462 e. The summed E-state index contributed by atoms with van der Waals surface area (Å²) < 4.78 is 4.87. The molecule has 0 spiro atoms. The van der Waals surface area contributed by atoms with E-state index in [2.05, 4.69) is 0 Å². The van der Waals surface area contributed by atoms with Crippen LogP contribution in [-0.4, -0.2) is 12.6 Å². The van der Waals surface area contributed by atoms with Crippen molar-refractivity contribution in [1.29, 1.82) is 5.26 Å². The normalized spacial score (nSPS) is 9.80. The molecule has 0 atom stereocenters. The fraction of sp³-hybridized carbons (Fsp3) is 0.167. The van der Waals surface area contributed by atoms with E-state index in [1.54, 1.807) is 6.07 Å². The molecule has 1 aromatic rings. The minimum absolute atomic E-state index is 0.332. The van der Waals surface area contributed by atoms with Gasteiger partial charge in [-0.25, -0.2) is 4.79 Å². The number of esters is 1. The Labute approximate surface area is 88.6 Å². The number of carbonyl (C=O) groups excluding carboxylic acids is 1. The monoisotopic (exact) mass is 201 g/mol. The van der Waals surface area contributed by atoms with Crippen LogP contribution in [0.15, 0.2) is 42.5 Å². The van der Waals surface area contributed by atoms with Crippen molar-refractivity contribution in [2.75, 3.05) is 6.61 Å². The van der Waals surface area contributed by atoms with E-state index in [-0.39, 0.29) is 0 Å². The molecule has 0 amide bonds. The Morgan fingerprint density at radius 2 is 2.13 bits per heavy atom. The van der Waals surface area contributed by atoms with Crippen LogP contribution in [0.5, 0.6) is 0 Å². The molecule has 0 bridgehead atoms. The van der Waals surface area contributed by atoms with E-state index in [0.717, 1.165) is 17.7 Å². The van der Waals surface area contributed by atoms with Crippen LogP contribution in [0.2, 0.25) is 0 Å². The molecule has 0 saturated heterocycles. The topological polar surface area (TPSA) is 50.1 Å². The molecular formula is C12H11NO2. The lowest BCUT2D eigenvalue weighted by atomic mass is 10.2. The molecular weight excluding hydrogens is 190 g/mol. The van der Waals surface area contributed by atoms with Crippen molar-refractivity contribution < 1.29 is 9.53 Å². The van der Waals surface area contributed by atoms with Crippen molar-refractivity contribution in [2.45, 2.75) is 6.42 Å². The molecule has 0 aromatic heterocycles. The molecule has 3 nitrogen and oxygen atoms in total. The summed E-state index contributed by atoms with van der Waals surface area (Å²) in [6, 6.07) is 11.5. The van der Waals surface area contributed by atoms with E-state index < -0.39 is 5.97 Å². The SMILES string of the molecule is N#CC=CC(=O)OCCc1ccccc1. The molecule has 0 N–H and O–H groups in total. The molecule has 0 heterocycles. The highest BCUT2D eigenvalue weighted by atomic mass is 16.5. The van der Waals surface area contributed by atoms with Gasteiger partial charge in [-0.15, -0.1) is 0 Å². The Bertz CT molecular complexity index is 376. The van der Waals surface area contributed by atoms with Crippen molar-refractivity contribution in [3.05, 3.63) is 48.0 Å². The number of rotatable bonds is 4. The molecule has 76 valence electrons. The molecule has 0 aliphatic rings. The first-order chi connectivity index (χ1) is 7.33. The maximum absolute atomic E-state index is 10.9. The maximum Gasteiger partial charge on any atom is 0.331 e. The first-order valence-electron chi connectivity index (χ1n) is 4.60. The van der Waals surface area contributed by atoms with Crippen LogP contribution in [0.3, 0.4) is 0 Å². The van der Waals surface area contributed by atoms with Crippen LogP contribution in [0.25, 0.3) is 0 Å². The Balaban J connectivity index is 2.26. The van der Waals surface area contributed by atoms with Gasteiger partial charge in [-0.05, 0) is 5.56 Å². The van der Waals surface area contributed by atoms with Crippen molar-refractivity contribution in [3.8, 4) is 6.07 Å². The number of ether oxygens (including phenoxy) is 1. The Morgan fingerprint density at radius 1 is 1.40 bits per heavy atom. The number of nitrogens with zero attached hydrogens (tertiary/aromatic N) is 1. The molecule has 0 aliphatic heterocycles. The highest BCUT2D eigenvalue weighted by molar-refractivity contribution is 5.82. The fourth-order valence-corrected chi connectivity index (χ4v) is 1.07. The predicted octanol–water partition coefficient (Wildman–Crippen LogP) is 1.85. The molecule has 0 unspecified atom stereocenters. The molecule has 0 radical (unpaired) electrons. The molecule has 1 rings (SSSR count). The van der Waals surface area contributed by atoms with Gasteiger partial charge in [-0.3, -0.25) is 0 Å². The summed E-state index contributed by atoms with van der Waals surface area (Å²) in [6.07, 6.45) is 2.91. The van der Waals surface area contributed by atoms with E-state index in [4.69, 9.17) is 10.00 Å². The third-order valence-corrected chi connectivity index (χ3v) is 1.77. The summed E-state index contributed by atoms with van der Waals surface area (Å²) in [5, 5.41) is 8.17. The van der Waals surface area contributed by atoms with Gasteiger partial charge >= 0.3 is 5.97 Å². The number of hydrogen-bond donors (Lipinski definition) is 0. The summed E-state index contributed by atoms with van der Waals surface area (Å²) in [6.45, 7) is 0.332. The molecule has 0 aliphatic carbocycles. The lowest BCUT2D eigenvalue weighted by Crippen LogP contribution is -2.04. The Morgan fingerprint density at radius 3 is 2.80 bits per heavy atom. The van der Waals surface area contributed by atoms with Gasteiger partial charge < -0.3 is 4.74 Å². The third kappa shape index (κ3) is 4.63. The van der Waals surface area contributed by atoms with Crippen LogP contribution in [-0.2, 0) is 16.0 Å². The summed E-state index contributed by atoms with van der Waals surface area (Å²) in [7, 11) is 0. The van der Waals surface area contributed by atoms with Crippen LogP contribution < -0.4 is 0 Å². The number of benzene rings is 1. The zero-order valence-electron chi connectivity index (χ0n) is 8.22.